The maximum Gasteiger partial charge on any atom is 0.516 e. The van der Waals surface area contributed by atoms with Crippen molar-refractivity contribution in [2.75, 3.05) is 11.3 Å². The van der Waals surface area contributed by atoms with Gasteiger partial charge in [-0.15, -0.1) is 0 Å². The summed E-state index contributed by atoms with van der Waals surface area (Å²) < 4.78 is 60.4. The van der Waals surface area contributed by atoms with Crippen LogP contribution in [0.2, 0.25) is 0 Å². The van der Waals surface area contributed by atoms with Gasteiger partial charge in [0.1, 0.15) is 11.6 Å². The normalized spacial score (nSPS) is 17.2. The third-order valence-corrected chi connectivity index (χ3v) is 4.65. The third-order valence-electron chi connectivity index (χ3n) is 3.54. The maximum atomic E-state index is 12.4. The third kappa shape index (κ3) is 4.30. The molecule has 0 radical (unpaired) electrons. The molecule has 1 saturated heterocycles. The molecule has 1 aromatic rings. The predicted molar refractivity (Wildman–Crippen MR) is 83.9 cm³/mol. The summed E-state index contributed by atoms with van der Waals surface area (Å²) in [6.07, 6.45) is 2.35. The number of sulfonamides is 1. The van der Waals surface area contributed by atoms with Gasteiger partial charge in [-0.05, 0) is 43.5 Å². The Labute approximate surface area is 142 Å². The van der Waals surface area contributed by atoms with E-state index in [9.17, 15) is 31.6 Å². The lowest BCUT2D eigenvalue weighted by atomic mass is 9.98. The fourth-order valence-corrected chi connectivity index (χ4v) is 2.83. The first kappa shape index (κ1) is 18.8. The molecule has 0 aromatic heterocycles. The molecule has 1 fully saturated rings. The molecule has 1 aliphatic rings. The SMILES string of the molecule is N#CC(C(=O)c1ccc(NS(=O)(=O)C(F)(F)F)cc1)=C1CCCCN1. The van der Waals surface area contributed by atoms with Gasteiger partial charge in [-0.2, -0.15) is 26.9 Å². The predicted octanol–water partition coefficient (Wildman–Crippen LogP) is 2.68. The van der Waals surface area contributed by atoms with Crippen LogP contribution in [0.15, 0.2) is 35.5 Å². The van der Waals surface area contributed by atoms with Gasteiger partial charge < -0.3 is 5.32 Å². The van der Waals surface area contributed by atoms with Crippen LogP contribution in [0, 0.1) is 11.3 Å². The summed E-state index contributed by atoms with van der Waals surface area (Å²) in [6.45, 7) is 0.659. The number of hydrogen-bond acceptors (Lipinski definition) is 5. The highest BCUT2D eigenvalue weighted by Gasteiger charge is 2.46. The van der Waals surface area contributed by atoms with Crippen LogP contribution in [0.25, 0.3) is 0 Å². The summed E-state index contributed by atoms with van der Waals surface area (Å²) in [4.78, 5) is 12.4. The van der Waals surface area contributed by atoms with Gasteiger partial charge in [0.05, 0.1) is 0 Å². The molecule has 1 heterocycles. The highest BCUT2D eigenvalue weighted by atomic mass is 32.2. The highest BCUT2D eigenvalue weighted by molar-refractivity contribution is 7.93. The molecule has 1 aliphatic heterocycles. The minimum absolute atomic E-state index is 0.0525. The van der Waals surface area contributed by atoms with E-state index in [4.69, 9.17) is 0 Å². The molecular weight excluding hydrogens is 359 g/mol. The summed E-state index contributed by atoms with van der Waals surface area (Å²) >= 11 is 0. The van der Waals surface area contributed by atoms with Crippen molar-refractivity contribution >= 4 is 21.5 Å². The molecule has 0 saturated carbocycles. The minimum atomic E-state index is -5.53. The van der Waals surface area contributed by atoms with E-state index in [1.54, 1.807) is 0 Å². The number of nitriles is 1. The van der Waals surface area contributed by atoms with Crippen molar-refractivity contribution < 1.29 is 26.4 Å². The van der Waals surface area contributed by atoms with Crippen LogP contribution in [0.4, 0.5) is 18.9 Å². The monoisotopic (exact) mass is 373 g/mol. The van der Waals surface area contributed by atoms with Gasteiger partial charge >= 0.3 is 15.5 Å². The van der Waals surface area contributed by atoms with Crippen molar-refractivity contribution in [1.29, 1.82) is 5.26 Å². The zero-order chi connectivity index (χ0) is 18.7. The van der Waals surface area contributed by atoms with Crippen LogP contribution < -0.4 is 10.0 Å². The zero-order valence-electron chi connectivity index (χ0n) is 12.9. The number of carbonyl (C=O) groups is 1. The van der Waals surface area contributed by atoms with Crippen LogP contribution in [-0.4, -0.2) is 26.3 Å². The number of rotatable bonds is 4. The zero-order valence-corrected chi connectivity index (χ0v) is 13.7. The second-order valence-corrected chi connectivity index (χ2v) is 6.98. The molecule has 0 bridgehead atoms. The molecule has 134 valence electrons. The molecule has 0 atom stereocenters. The second-order valence-electron chi connectivity index (χ2n) is 5.31. The van der Waals surface area contributed by atoms with Gasteiger partial charge in [-0.25, -0.2) is 0 Å². The molecule has 10 heteroatoms. The van der Waals surface area contributed by atoms with Crippen LogP contribution in [0.5, 0.6) is 0 Å². The Morgan fingerprint density at radius 3 is 2.32 bits per heavy atom. The Morgan fingerprint density at radius 2 is 1.84 bits per heavy atom. The van der Waals surface area contributed by atoms with Crippen molar-refractivity contribution in [2.24, 2.45) is 0 Å². The number of alkyl halides is 3. The smallest absolute Gasteiger partial charge is 0.387 e. The van der Waals surface area contributed by atoms with Crippen molar-refractivity contribution in [3.8, 4) is 6.07 Å². The lowest BCUT2D eigenvalue weighted by molar-refractivity contribution is -0.0429. The van der Waals surface area contributed by atoms with E-state index in [2.05, 4.69) is 5.32 Å². The Kier molecular flexibility index (Phi) is 5.37. The van der Waals surface area contributed by atoms with Crippen molar-refractivity contribution in [2.45, 2.75) is 24.8 Å². The van der Waals surface area contributed by atoms with Gasteiger partial charge in [0.15, 0.2) is 0 Å². The first-order chi connectivity index (χ1) is 11.7. The van der Waals surface area contributed by atoms with Crippen LogP contribution >= 0.6 is 0 Å². The van der Waals surface area contributed by atoms with Gasteiger partial charge in [0, 0.05) is 23.5 Å². The number of Topliss-reactive ketones (excluding diaryl/α,β-unsaturated/α-hetero) is 1. The van der Waals surface area contributed by atoms with Gasteiger partial charge in [0.2, 0.25) is 5.78 Å². The van der Waals surface area contributed by atoms with Gasteiger partial charge in [-0.1, -0.05) is 0 Å². The molecule has 6 nitrogen and oxygen atoms in total. The number of allylic oxidation sites excluding steroid dienone is 2. The fourth-order valence-electron chi connectivity index (χ4n) is 2.27. The number of nitrogens with zero attached hydrogens (tertiary/aromatic N) is 1. The molecule has 0 amide bonds. The van der Waals surface area contributed by atoms with Crippen molar-refractivity contribution in [3.05, 3.63) is 41.1 Å². The Hall–Kier alpha value is -2.54. The van der Waals surface area contributed by atoms with E-state index in [0.717, 1.165) is 37.1 Å². The number of piperidine rings is 1. The van der Waals surface area contributed by atoms with E-state index in [0.29, 0.717) is 18.7 Å². The Balaban J connectivity index is 2.22. The number of nitrogens with one attached hydrogen (secondary N) is 2. The average Bonchev–Trinajstić information content (AvgIpc) is 2.55. The summed E-state index contributed by atoms with van der Waals surface area (Å²) in [7, 11) is -5.53. The summed E-state index contributed by atoms with van der Waals surface area (Å²) in [5.41, 5.74) is -5.21. The first-order valence-electron chi connectivity index (χ1n) is 7.26. The second kappa shape index (κ2) is 7.14. The largest absolute Gasteiger partial charge is 0.516 e. The lowest BCUT2D eigenvalue weighted by Crippen LogP contribution is -2.29. The number of carbonyl (C=O) groups excluding carboxylic acids is 1. The standard InChI is InChI=1S/C15H14F3N3O3S/c16-15(17,18)25(23,24)21-11-6-4-10(5-7-11)14(22)12(9-19)13-3-1-2-8-20-13/h4-7,20-21H,1-3,8H2. The summed E-state index contributed by atoms with van der Waals surface area (Å²) in [5.74, 6) is -0.572. The average molecular weight is 373 g/mol. The Bertz CT molecular complexity index is 830. The molecular formula is C15H14F3N3O3S. The molecule has 0 aliphatic carbocycles. The van der Waals surface area contributed by atoms with Crippen molar-refractivity contribution in [3.63, 3.8) is 0 Å². The molecule has 0 spiro atoms. The number of hydrogen-bond donors (Lipinski definition) is 2. The molecule has 2 N–H and O–H groups in total. The van der Waals surface area contributed by atoms with Crippen LogP contribution in [-0.2, 0) is 10.0 Å². The Morgan fingerprint density at radius 1 is 1.20 bits per heavy atom. The number of halogens is 3. The van der Waals surface area contributed by atoms with Crippen molar-refractivity contribution in [1.82, 2.24) is 5.32 Å². The van der Waals surface area contributed by atoms with Gasteiger partial charge in [0.25, 0.3) is 0 Å². The minimum Gasteiger partial charge on any atom is -0.387 e. The van der Waals surface area contributed by atoms with Crippen LogP contribution in [0.1, 0.15) is 29.6 Å². The fraction of sp³-hybridized carbons (Fsp3) is 0.333. The number of ketones is 1. The van der Waals surface area contributed by atoms with E-state index in [1.807, 2.05) is 6.07 Å². The maximum absolute atomic E-state index is 12.4. The molecule has 25 heavy (non-hydrogen) atoms. The number of anilines is 1. The molecule has 1 aromatic carbocycles. The van der Waals surface area contributed by atoms with Gasteiger partial charge in [-0.3, -0.25) is 9.52 Å². The van der Waals surface area contributed by atoms with Crippen LogP contribution in [0.3, 0.4) is 0 Å². The van der Waals surface area contributed by atoms with E-state index >= 15 is 0 Å². The quantitative estimate of drug-likeness (QED) is 0.480. The molecule has 0 unspecified atom stereocenters. The molecule has 2 rings (SSSR count). The topological polar surface area (TPSA) is 99.1 Å². The van der Waals surface area contributed by atoms with E-state index in [1.165, 1.54) is 4.72 Å². The lowest BCUT2D eigenvalue weighted by Gasteiger charge is -2.18. The first-order valence-corrected chi connectivity index (χ1v) is 8.75. The highest BCUT2D eigenvalue weighted by Crippen LogP contribution is 2.26. The van der Waals surface area contributed by atoms with E-state index in [-0.39, 0.29) is 16.8 Å². The van der Waals surface area contributed by atoms with E-state index < -0.39 is 21.3 Å². The summed E-state index contributed by atoms with van der Waals surface area (Å²) in [6, 6.07) is 6.24. The summed E-state index contributed by atoms with van der Waals surface area (Å²) in [5, 5.41) is 12.2. The number of benzene rings is 1.